The number of pyridine rings is 1. The van der Waals surface area contributed by atoms with Gasteiger partial charge in [-0.1, -0.05) is 12.1 Å². The lowest BCUT2D eigenvalue weighted by atomic mass is 10.2. The molecule has 2 rings (SSSR count). The van der Waals surface area contributed by atoms with Crippen molar-refractivity contribution in [2.75, 3.05) is 5.75 Å². The third-order valence-electron chi connectivity index (χ3n) is 3.14. The Labute approximate surface area is 140 Å². The number of hydrogen-bond acceptors (Lipinski definition) is 4. The van der Waals surface area contributed by atoms with Crippen LogP contribution in [0.2, 0.25) is 0 Å². The summed E-state index contributed by atoms with van der Waals surface area (Å²) < 4.78 is 75.5. The van der Waals surface area contributed by atoms with Gasteiger partial charge in [0.15, 0.2) is 0 Å². The number of nitrogens with zero attached hydrogens (tertiary/aromatic N) is 1. The molecule has 1 amide bonds. The average Bonchev–Trinajstić information content (AvgIpc) is 2.53. The lowest BCUT2D eigenvalue weighted by Crippen LogP contribution is -2.33. The molecule has 0 bridgehead atoms. The molecule has 0 saturated carbocycles. The van der Waals surface area contributed by atoms with Gasteiger partial charge in [0.2, 0.25) is 10.0 Å². The molecule has 1 heterocycles. The van der Waals surface area contributed by atoms with Gasteiger partial charge in [-0.2, -0.15) is 13.2 Å². The Hall–Kier alpha value is -2.49. The summed E-state index contributed by atoms with van der Waals surface area (Å²) in [4.78, 5) is 15.1. The third-order valence-corrected chi connectivity index (χ3v) is 4.38. The first kappa shape index (κ1) is 18.8. The summed E-state index contributed by atoms with van der Waals surface area (Å²) in [5, 5.41) is 0. The van der Waals surface area contributed by atoms with Crippen LogP contribution >= 0.6 is 0 Å². The van der Waals surface area contributed by atoms with Crippen LogP contribution in [-0.4, -0.2) is 25.1 Å². The molecule has 0 saturated heterocycles. The molecule has 0 spiro atoms. The van der Waals surface area contributed by atoms with Crippen LogP contribution in [-0.2, 0) is 22.6 Å². The zero-order chi connectivity index (χ0) is 18.7. The standard InChI is InChI=1S/C15H12F4N2O3S/c16-12-4-1-10(2-5-12)7-8-25(23,24)21-14(22)13-6-3-11(9-20-13)15(17,18)19/h1-6,9H,7-8H2,(H,21,22). The van der Waals surface area contributed by atoms with E-state index in [1.54, 1.807) is 4.72 Å². The Bertz CT molecular complexity index is 848. The Morgan fingerprint density at radius 1 is 1.08 bits per heavy atom. The number of alkyl halides is 3. The van der Waals surface area contributed by atoms with E-state index in [1.807, 2.05) is 0 Å². The highest BCUT2D eigenvalue weighted by atomic mass is 32.2. The summed E-state index contributed by atoms with van der Waals surface area (Å²) in [6.07, 6.45) is -4.13. The van der Waals surface area contributed by atoms with Crippen LogP contribution in [0.25, 0.3) is 0 Å². The van der Waals surface area contributed by atoms with Gasteiger partial charge in [-0.25, -0.2) is 17.5 Å². The van der Waals surface area contributed by atoms with Crippen LogP contribution in [0.15, 0.2) is 42.6 Å². The van der Waals surface area contributed by atoms with Gasteiger partial charge in [0.25, 0.3) is 5.91 Å². The van der Waals surface area contributed by atoms with E-state index < -0.39 is 44.9 Å². The van der Waals surface area contributed by atoms with E-state index in [0.717, 1.165) is 6.07 Å². The number of sulfonamides is 1. The zero-order valence-electron chi connectivity index (χ0n) is 12.5. The number of halogens is 4. The molecular weight excluding hydrogens is 364 g/mol. The summed E-state index contributed by atoms with van der Waals surface area (Å²) in [6, 6.07) is 6.58. The van der Waals surface area contributed by atoms with E-state index in [0.29, 0.717) is 17.8 Å². The molecular formula is C15H12F4N2O3S. The molecule has 1 aromatic heterocycles. The maximum atomic E-state index is 12.8. The Kier molecular flexibility index (Phi) is 5.41. The number of benzene rings is 1. The lowest BCUT2D eigenvalue weighted by Gasteiger charge is -2.08. The number of aryl methyl sites for hydroxylation is 1. The van der Waals surface area contributed by atoms with E-state index in [9.17, 15) is 30.8 Å². The van der Waals surface area contributed by atoms with Crippen molar-refractivity contribution >= 4 is 15.9 Å². The SMILES string of the molecule is O=C(NS(=O)(=O)CCc1ccc(F)cc1)c1ccc(C(F)(F)F)cn1. The first-order chi connectivity index (χ1) is 11.6. The van der Waals surface area contributed by atoms with Crippen molar-refractivity contribution in [3.63, 3.8) is 0 Å². The molecule has 10 heteroatoms. The van der Waals surface area contributed by atoms with Crippen LogP contribution in [0.5, 0.6) is 0 Å². The van der Waals surface area contributed by atoms with Gasteiger partial charge in [-0.3, -0.25) is 9.78 Å². The van der Waals surface area contributed by atoms with Gasteiger partial charge < -0.3 is 0 Å². The maximum absolute atomic E-state index is 12.8. The minimum absolute atomic E-state index is 0.0311. The monoisotopic (exact) mass is 376 g/mol. The Morgan fingerprint density at radius 3 is 2.24 bits per heavy atom. The molecule has 25 heavy (non-hydrogen) atoms. The van der Waals surface area contributed by atoms with Gasteiger partial charge in [0, 0.05) is 6.20 Å². The lowest BCUT2D eigenvalue weighted by molar-refractivity contribution is -0.137. The van der Waals surface area contributed by atoms with Crippen molar-refractivity contribution in [3.8, 4) is 0 Å². The Balaban J connectivity index is 1.99. The normalized spacial score (nSPS) is 12.0. The van der Waals surface area contributed by atoms with Gasteiger partial charge in [0.1, 0.15) is 11.5 Å². The first-order valence-electron chi connectivity index (χ1n) is 6.89. The topological polar surface area (TPSA) is 76.1 Å². The number of hydrogen-bond donors (Lipinski definition) is 1. The van der Waals surface area contributed by atoms with Crippen LogP contribution in [0.4, 0.5) is 17.6 Å². The van der Waals surface area contributed by atoms with Crippen molar-refractivity contribution in [2.45, 2.75) is 12.6 Å². The fourth-order valence-corrected chi connectivity index (χ4v) is 2.84. The molecule has 0 aliphatic heterocycles. The molecule has 134 valence electrons. The number of rotatable bonds is 5. The molecule has 0 radical (unpaired) electrons. The molecule has 0 atom stereocenters. The van der Waals surface area contributed by atoms with E-state index in [-0.39, 0.29) is 6.42 Å². The number of nitrogens with one attached hydrogen (secondary N) is 1. The largest absolute Gasteiger partial charge is 0.417 e. The maximum Gasteiger partial charge on any atom is 0.417 e. The highest BCUT2D eigenvalue weighted by Gasteiger charge is 2.31. The summed E-state index contributed by atoms with van der Waals surface area (Å²) in [6.45, 7) is 0. The molecule has 1 N–H and O–H groups in total. The second-order valence-corrected chi connectivity index (χ2v) is 6.90. The second kappa shape index (κ2) is 7.18. The fraction of sp³-hybridized carbons (Fsp3) is 0.200. The highest BCUT2D eigenvalue weighted by Crippen LogP contribution is 2.28. The summed E-state index contributed by atoms with van der Waals surface area (Å²) in [5.41, 5.74) is -0.964. The van der Waals surface area contributed by atoms with Crippen molar-refractivity contribution in [3.05, 3.63) is 65.2 Å². The van der Waals surface area contributed by atoms with Crippen LogP contribution in [0.1, 0.15) is 21.6 Å². The van der Waals surface area contributed by atoms with Gasteiger partial charge in [0.05, 0.1) is 11.3 Å². The minimum atomic E-state index is -4.61. The van der Waals surface area contributed by atoms with Crippen molar-refractivity contribution in [2.24, 2.45) is 0 Å². The van der Waals surface area contributed by atoms with Gasteiger partial charge >= 0.3 is 6.18 Å². The highest BCUT2D eigenvalue weighted by molar-refractivity contribution is 7.90. The number of amides is 1. The number of carbonyl (C=O) groups is 1. The van der Waals surface area contributed by atoms with Crippen LogP contribution in [0.3, 0.4) is 0 Å². The van der Waals surface area contributed by atoms with Crippen molar-refractivity contribution in [1.29, 1.82) is 0 Å². The molecule has 5 nitrogen and oxygen atoms in total. The quantitative estimate of drug-likeness (QED) is 0.814. The van der Waals surface area contributed by atoms with E-state index in [1.165, 1.54) is 24.3 Å². The van der Waals surface area contributed by atoms with E-state index in [2.05, 4.69) is 4.98 Å². The minimum Gasteiger partial charge on any atom is -0.266 e. The van der Waals surface area contributed by atoms with Crippen LogP contribution in [0, 0.1) is 5.82 Å². The van der Waals surface area contributed by atoms with E-state index in [4.69, 9.17) is 0 Å². The Morgan fingerprint density at radius 2 is 1.72 bits per heavy atom. The van der Waals surface area contributed by atoms with Gasteiger partial charge in [-0.05, 0) is 36.2 Å². The summed E-state index contributed by atoms with van der Waals surface area (Å²) in [5.74, 6) is -2.05. The summed E-state index contributed by atoms with van der Waals surface area (Å²) >= 11 is 0. The third kappa shape index (κ3) is 5.52. The smallest absolute Gasteiger partial charge is 0.266 e. The molecule has 0 unspecified atom stereocenters. The average molecular weight is 376 g/mol. The molecule has 2 aromatic rings. The molecule has 0 fully saturated rings. The molecule has 0 aliphatic rings. The first-order valence-corrected chi connectivity index (χ1v) is 8.54. The predicted octanol–water partition coefficient (Wildman–Crippen LogP) is 2.54. The summed E-state index contributed by atoms with van der Waals surface area (Å²) in [7, 11) is -4.03. The van der Waals surface area contributed by atoms with Crippen molar-refractivity contribution < 1.29 is 30.8 Å². The second-order valence-electron chi connectivity index (χ2n) is 5.06. The van der Waals surface area contributed by atoms with Crippen LogP contribution < -0.4 is 4.72 Å². The number of aromatic nitrogens is 1. The van der Waals surface area contributed by atoms with Crippen molar-refractivity contribution in [1.82, 2.24) is 9.71 Å². The predicted molar refractivity (Wildman–Crippen MR) is 80.6 cm³/mol. The van der Waals surface area contributed by atoms with E-state index >= 15 is 0 Å². The molecule has 0 aliphatic carbocycles. The fourth-order valence-electron chi connectivity index (χ4n) is 1.84. The van der Waals surface area contributed by atoms with Gasteiger partial charge in [-0.15, -0.1) is 0 Å². The zero-order valence-corrected chi connectivity index (χ0v) is 13.4. The number of carbonyl (C=O) groups excluding carboxylic acids is 1. The molecule has 1 aromatic carbocycles.